The molecule has 0 saturated heterocycles. The average Bonchev–Trinajstić information content (AvgIpc) is 2.40. The summed E-state index contributed by atoms with van der Waals surface area (Å²) in [5.41, 5.74) is 1.78. The van der Waals surface area contributed by atoms with Gasteiger partial charge in [0, 0.05) is 16.7 Å². The van der Waals surface area contributed by atoms with Gasteiger partial charge in [-0.25, -0.2) is 0 Å². The summed E-state index contributed by atoms with van der Waals surface area (Å²) in [5, 5.41) is 3.89. The third kappa shape index (κ3) is 3.37. The van der Waals surface area contributed by atoms with Crippen molar-refractivity contribution in [3.63, 3.8) is 0 Å². The highest BCUT2D eigenvalue weighted by atomic mass is 79.9. The zero-order valence-corrected chi connectivity index (χ0v) is 12.1. The monoisotopic (exact) mass is 326 g/mol. The minimum absolute atomic E-state index is 0.611. The minimum Gasteiger partial charge on any atom is -0.497 e. The molecule has 0 radical (unpaired) electrons. The molecule has 0 saturated carbocycles. The van der Waals surface area contributed by atoms with E-state index in [0.29, 0.717) is 11.6 Å². The van der Waals surface area contributed by atoms with Crippen LogP contribution in [0.25, 0.3) is 0 Å². The molecule has 0 unspecified atom stereocenters. The first-order valence-electron chi connectivity index (χ1n) is 5.37. The third-order valence-electron chi connectivity index (χ3n) is 2.42. The Morgan fingerprint density at radius 2 is 2.17 bits per heavy atom. The zero-order chi connectivity index (χ0) is 13.0. The summed E-state index contributed by atoms with van der Waals surface area (Å²) >= 11 is 9.45. The van der Waals surface area contributed by atoms with Crippen molar-refractivity contribution in [3.8, 4) is 5.75 Å². The number of halogens is 2. The van der Waals surface area contributed by atoms with Crippen LogP contribution in [0, 0.1) is 0 Å². The van der Waals surface area contributed by atoms with Crippen molar-refractivity contribution in [1.29, 1.82) is 0 Å². The summed E-state index contributed by atoms with van der Waals surface area (Å²) in [6.07, 6.45) is 1.77. The Hall–Kier alpha value is -1.26. The van der Waals surface area contributed by atoms with Crippen molar-refractivity contribution in [3.05, 3.63) is 51.7 Å². The standard InChI is InChI=1S/C13H12BrClN2O/c1-18-11-4-5-12(15)13(6-11)17-8-10-3-2-9(14)7-16-10/h2-7,17H,8H2,1H3. The number of benzene rings is 1. The summed E-state index contributed by atoms with van der Waals surface area (Å²) in [6.45, 7) is 0.611. The second-order valence-corrected chi connectivity index (χ2v) is 4.99. The molecule has 0 amide bonds. The van der Waals surface area contributed by atoms with Crippen molar-refractivity contribution in [2.45, 2.75) is 6.54 Å². The van der Waals surface area contributed by atoms with Gasteiger partial charge >= 0.3 is 0 Å². The van der Waals surface area contributed by atoms with Crippen molar-refractivity contribution >= 4 is 33.2 Å². The van der Waals surface area contributed by atoms with Crippen LogP contribution in [0.4, 0.5) is 5.69 Å². The fourth-order valence-electron chi connectivity index (χ4n) is 1.46. The van der Waals surface area contributed by atoms with Crippen LogP contribution in [0.1, 0.15) is 5.69 Å². The third-order valence-corrected chi connectivity index (χ3v) is 3.22. The zero-order valence-electron chi connectivity index (χ0n) is 9.78. The maximum absolute atomic E-state index is 6.10. The number of nitrogens with zero attached hydrogens (tertiary/aromatic N) is 1. The van der Waals surface area contributed by atoms with Crippen LogP contribution in [-0.4, -0.2) is 12.1 Å². The summed E-state index contributed by atoms with van der Waals surface area (Å²) in [4.78, 5) is 4.28. The van der Waals surface area contributed by atoms with Gasteiger partial charge in [-0.15, -0.1) is 0 Å². The molecule has 1 aromatic carbocycles. The molecule has 2 aromatic rings. The lowest BCUT2D eigenvalue weighted by molar-refractivity contribution is 0.415. The van der Waals surface area contributed by atoms with Gasteiger partial charge in [0.15, 0.2) is 0 Å². The Bertz CT molecular complexity index is 531. The van der Waals surface area contributed by atoms with Gasteiger partial charge in [-0.3, -0.25) is 4.98 Å². The number of anilines is 1. The van der Waals surface area contributed by atoms with Crippen LogP contribution in [-0.2, 0) is 6.54 Å². The van der Waals surface area contributed by atoms with E-state index in [4.69, 9.17) is 16.3 Å². The molecule has 1 aromatic heterocycles. The molecule has 94 valence electrons. The number of aromatic nitrogens is 1. The molecule has 0 aliphatic heterocycles. The van der Waals surface area contributed by atoms with E-state index in [0.717, 1.165) is 21.6 Å². The van der Waals surface area contributed by atoms with Gasteiger partial charge in [0.1, 0.15) is 5.75 Å². The Morgan fingerprint density at radius 3 is 2.83 bits per heavy atom. The first-order chi connectivity index (χ1) is 8.69. The van der Waals surface area contributed by atoms with Crippen LogP contribution < -0.4 is 10.1 Å². The van der Waals surface area contributed by atoms with E-state index in [9.17, 15) is 0 Å². The van der Waals surface area contributed by atoms with E-state index < -0.39 is 0 Å². The van der Waals surface area contributed by atoms with Gasteiger partial charge in [0.05, 0.1) is 30.1 Å². The maximum Gasteiger partial charge on any atom is 0.121 e. The van der Waals surface area contributed by atoms with Gasteiger partial charge in [-0.05, 0) is 40.2 Å². The molecule has 0 fully saturated rings. The second-order valence-electron chi connectivity index (χ2n) is 3.67. The van der Waals surface area contributed by atoms with Crippen molar-refractivity contribution in [2.75, 3.05) is 12.4 Å². The number of hydrogen-bond donors (Lipinski definition) is 1. The minimum atomic E-state index is 0.611. The number of pyridine rings is 1. The molecular formula is C13H12BrClN2O. The van der Waals surface area contributed by atoms with Crippen molar-refractivity contribution in [2.24, 2.45) is 0 Å². The fourth-order valence-corrected chi connectivity index (χ4v) is 1.88. The highest BCUT2D eigenvalue weighted by Crippen LogP contribution is 2.26. The maximum atomic E-state index is 6.10. The first kappa shape index (κ1) is 13.2. The predicted octanol–water partition coefficient (Wildman–Crippen LogP) is 4.12. The summed E-state index contributed by atoms with van der Waals surface area (Å²) in [5.74, 6) is 0.769. The molecule has 0 atom stereocenters. The van der Waals surface area contributed by atoms with E-state index in [-0.39, 0.29) is 0 Å². The molecule has 0 aliphatic rings. The Kier molecular flexibility index (Phi) is 4.44. The lowest BCUT2D eigenvalue weighted by Crippen LogP contribution is -2.02. The number of hydrogen-bond acceptors (Lipinski definition) is 3. The molecule has 2 rings (SSSR count). The van der Waals surface area contributed by atoms with Crippen LogP contribution >= 0.6 is 27.5 Å². The molecule has 3 nitrogen and oxygen atoms in total. The van der Waals surface area contributed by atoms with Crippen molar-refractivity contribution < 1.29 is 4.74 Å². The quantitative estimate of drug-likeness (QED) is 0.917. The van der Waals surface area contributed by atoms with E-state index in [1.165, 1.54) is 0 Å². The van der Waals surface area contributed by atoms with Crippen molar-refractivity contribution in [1.82, 2.24) is 4.98 Å². The average molecular weight is 328 g/mol. The number of nitrogens with one attached hydrogen (secondary N) is 1. The molecule has 1 N–H and O–H groups in total. The number of rotatable bonds is 4. The van der Waals surface area contributed by atoms with Gasteiger partial charge < -0.3 is 10.1 Å². The van der Waals surface area contributed by atoms with Gasteiger partial charge in [-0.2, -0.15) is 0 Å². The van der Waals surface area contributed by atoms with Crippen LogP contribution in [0.2, 0.25) is 5.02 Å². The molecule has 0 bridgehead atoms. The fraction of sp³-hybridized carbons (Fsp3) is 0.154. The highest BCUT2D eigenvalue weighted by molar-refractivity contribution is 9.10. The van der Waals surface area contributed by atoms with Crippen LogP contribution in [0.15, 0.2) is 41.0 Å². The van der Waals surface area contributed by atoms with E-state index in [2.05, 4.69) is 26.2 Å². The van der Waals surface area contributed by atoms with Gasteiger partial charge in [0.2, 0.25) is 0 Å². The van der Waals surface area contributed by atoms with Crippen LogP contribution in [0.5, 0.6) is 5.75 Å². The lowest BCUT2D eigenvalue weighted by Gasteiger charge is -2.09. The number of methoxy groups -OCH3 is 1. The Balaban J connectivity index is 2.07. The summed E-state index contributed by atoms with van der Waals surface area (Å²) in [6, 6.07) is 9.40. The van der Waals surface area contributed by atoms with Crippen LogP contribution in [0.3, 0.4) is 0 Å². The molecule has 0 spiro atoms. The molecule has 1 heterocycles. The Morgan fingerprint density at radius 1 is 1.33 bits per heavy atom. The topological polar surface area (TPSA) is 34.1 Å². The van der Waals surface area contributed by atoms with E-state index in [1.807, 2.05) is 24.3 Å². The SMILES string of the molecule is COc1ccc(Cl)c(NCc2ccc(Br)cn2)c1. The Labute approximate surface area is 119 Å². The predicted molar refractivity (Wildman–Crippen MR) is 77.3 cm³/mol. The van der Waals surface area contributed by atoms with E-state index in [1.54, 1.807) is 19.4 Å². The molecule has 18 heavy (non-hydrogen) atoms. The second kappa shape index (κ2) is 6.07. The molecular weight excluding hydrogens is 316 g/mol. The van der Waals surface area contributed by atoms with Gasteiger partial charge in [-0.1, -0.05) is 11.6 Å². The molecule has 5 heteroatoms. The normalized spacial score (nSPS) is 10.2. The summed E-state index contributed by atoms with van der Waals surface area (Å²) in [7, 11) is 1.63. The highest BCUT2D eigenvalue weighted by Gasteiger charge is 2.02. The van der Waals surface area contributed by atoms with Gasteiger partial charge in [0.25, 0.3) is 0 Å². The largest absolute Gasteiger partial charge is 0.497 e. The smallest absolute Gasteiger partial charge is 0.121 e. The lowest BCUT2D eigenvalue weighted by atomic mass is 10.3. The summed E-state index contributed by atoms with van der Waals surface area (Å²) < 4.78 is 6.12. The number of ether oxygens (including phenoxy) is 1. The van der Waals surface area contributed by atoms with E-state index >= 15 is 0 Å². The molecule has 0 aliphatic carbocycles. The first-order valence-corrected chi connectivity index (χ1v) is 6.54.